The highest BCUT2D eigenvalue weighted by molar-refractivity contribution is 9.11. The summed E-state index contributed by atoms with van der Waals surface area (Å²) in [6.45, 7) is 0.586. The van der Waals surface area contributed by atoms with Crippen LogP contribution in [0.5, 0.6) is 0 Å². The van der Waals surface area contributed by atoms with E-state index in [1.807, 2.05) is 6.07 Å². The molecule has 0 N–H and O–H groups in total. The summed E-state index contributed by atoms with van der Waals surface area (Å²) >= 11 is 6.71. The average molecular weight is 391 g/mol. The van der Waals surface area contributed by atoms with Gasteiger partial charge in [-0.3, -0.25) is 4.79 Å². The molecule has 1 aliphatic rings. The van der Waals surface area contributed by atoms with E-state index in [4.69, 9.17) is 4.74 Å². The van der Waals surface area contributed by atoms with Gasteiger partial charge in [-0.05, 0) is 31.0 Å². The molecule has 102 valence electrons. The maximum absolute atomic E-state index is 12.5. The molecule has 1 aromatic carbocycles. The lowest BCUT2D eigenvalue weighted by molar-refractivity contribution is -0.145. The number of esters is 1. The van der Waals surface area contributed by atoms with Crippen LogP contribution in [0.15, 0.2) is 27.1 Å². The second-order valence-corrected chi connectivity index (χ2v) is 6.17. The van der Waals surface area contributed by atoms with Crippen molar-refractivity contribution >= 4 is 43.7 Å². The minimum atomic E-state index is -0.463. The molecule has 6 heteroatoms. The third-order valence-electron chi connectivity index (χ3n) is 3.10. The largest absolute Gasteiger partial charge is 0.467 e. The molecule has 1 atom stereocenters. The molecule has 1 aliphatic heterocycles. The maximum atomic E-state index is 12.5. The van der Waals surface area contributed by atoms with Crippen molar-refractivity contribution in [2.24, 2.45) is 0 Å². The van der Waals surface area contributed by atoms with Gasteiger partial charge in [0, 0.05) is 21.1 Å². The molecule has 0 saturated carbocycles. The molecule has 19 heavy (non-hydrogen) atoms. The number of hydrogen-bond acceptors (Lipinski definition) is 3. The van der Waals surface area contributed by atoms with Gasteiger partial charge in [-0.15, -0.1) is 0 Å². The van der Waals surface area contributed by atoms with Crippen LogP contribution in [0, 0.1) is 0 Å². The number of halogens is 2. The Bertz CT molecular complexity index is 498. The van der Waals surface area contributed by atoms with Gasteiger partial charge in [0.25, 0.3) is 5.91 Å². The Morgan fingerprint density at radius 3 is 2.47 bits per heavy atom. The summed E-state index contributed by atoms with van der Waals surface area (Å²) in [5, 5.41) is 0. The molecular weight excluding hydrogens is 378 g/mol. The molecule has 0 radical (unpaired) electrons. The maximum Gasteiger partial charge on any atom is 0.328 e. The average Bonchev–Trinajstić information content (AvgIpc) is 2.84. The van der Waals surface area contributed by atoms with Gasteiger partial charge in [0.1, 0.15) is 6.04 Å². The van der Waals surface area contributed by atoms with E-state index in [2.05, 4.69) is 31.9 Å². The molecule has 1 unspecified atom stereocenters. The summed E-state index contributed by atoms with van der Waals surface area (Å²) < 4.78 is 6.38. The normalized spacial score (nSPS) is 18.5. The van der Waals surface area contributed by atoms with Gasteiger partial charge in [0.2, 0.25) is 0 Å². The zero-order valence-electron chi connectivity index (χ0n) is 10.4. The first-order chi connectivity index (χ1) is 9.02. The van der Waals surface area contributed by atoms with Gasteiger partial charge in [-0.2, -0.15) is 0 Å². The van der Waals surface area contributed by atoms with Crippen molar-refractivity contribution in [3.63, 3.8) is 0 Å². The number of hydrogen-bond donors (Lipinski definition) is 0. The Kier molecular flexibility index (Phi) is 4.62. The number of likely N-dealkylation sites (tertiary alicyclic amines) is 1. The van der Waals surface area contributed by atoms with Crippen molar-refractivity contribution in [3.8, 4) is 0 Å². The van der Waals surface area contributed by atoms with Crippen molar-refractivity contribution in [2.75, 3.05) is 13.7 Å². The van der Waals surface area contributed by atoms with E-state index in [9.17, 15) is 9.59 Å². The SMILES string of the molecule is COC(=O)C1CCCN1C(=O)c1cc(Br)cc(Br)c1. The number of nitrogens with zero attached hydrogens (tertiary/aromatic N) is 1. The number of ether oxygens (including phenoxy) is 1. The number of benzene rings is 1. The van der Waals surface area contributed by atoms with Crippen molar-refractivity contribution in [2.45, 2.75) is 18.9 Å². The summed E-state index contributed by atoms with van der Waals surface area (Å²) in [6, 6.07) is 4.90. The molecule has 4 nitrogen and oxygen atoms in total. The molecule has 1 aromatic rings. The molecular formula is C13H13Br2NO3. The predicted molar refractivity (Wildman–Crippen MR) is 77.9 cm³/mol. The molecule has 0 aromatic heterocycles. The molecule has 2 rings (SSSR count). The van der Waals surface area contributed by atoms with Gasteiger partial charge < -0.3 is 9.64 Å². The van der Waals surface area contributed by atoms with Crippen LogP contribution in [-0.2, 0) is 9.53 Å². The van der Waals surface area contributed by atoms with Crippen LogP contribution < -0.4 is 0 Å². The number of carbonyl (C=O) groups is 2. The summed E-state index contributed by atoms with van der Waals surface area (Å²) in [5.41, 5.74) is 0.553. The van der Waals surface area contributed by atoms with E-state index in [1.165, 1.54) is 7.11 Å². The first-order valence-corrected chi connectivity index (χ1v) is 7.46. The lowest BCUT2D eigenvalue weighted by Gasteiger charge is -2.22. The summed E-state index contributed by atoms with van der Waals surface area (Å²) in [6.07, 6.45) is 1.48. The van der Waals surface area contributed by atoms with Crippen molar-refractivity contribution in [3.05, 3.63) is 32.7 Å². The van der Waals surface area contributed by atoms with Crippen LogP contribution in [0.4, 0.5) is 0 Å². The van der Waals surface area contributed by atoms with Crippen LogP contribution in [0.2, 0.25) is 0 Å². The topological polar surface area (TPSA) is 46.6 Å². The summed E-state index contributed by atoms with van der Waals surface area (Å²) in [7, 11) is 1.35. The first-order valence-electron chi connectivity index (χ1n) is 5.88. The standard InChI is InChI=1S/C13H13Br2NO3/c1-19-13(18)11-3-2-4-16(11)12(17)8-5-9(14)7-10(15)6-8/h5-7,11H,2-4H2,1H3. The highest BCUT2D eigenvalue weighted by Gasteiger charge is 2.35. The highest BCUT2D eigenvalue weighted by atomic mass is 79.9. The second-order valence-electron chi connectivity index (χ2n) is 4.34. The van der Waals surface area contributed by atoms with Crippen LogP contribution in [0.3, 0.4) is 0 Å². The van der Waals surface area contributed by atoms with E-state index in [1.54, 1.807) is 17.0 Å². The van der Waals surface area contributed by atoms with E-state index >= 15 is 0 Å². The Morgan fingerprint density at radius 1 is 1.26 bits per heavy atom. The van der Waals surface area contributed by atoms with Crippen LogP contribution in [0.25, 0.3) is 0 Å². The smallest absolute Gasteiger partial charge is 0.328 e. The molecule has 0 bridgehead atoms. The zero-order valence-corrected chi connectivity index (χ0v) is 13.5. The molecule has 1 heterocycles. The van der Waals surface area contributed by atoms with E-state index in [-0.39, 0.29) is 11.9 Å². The van der Waals surface area contributed by atoms with Crippen LogP contribution in [0.1, 0.15) is 23.2 Å². The summed E-state index contributed by atoms with van der Waals surface area (Å²) in [5.74, 6) is -0.491. The monoisotopic (exact) mass is 389 g/mol. The molecule has 0 spiro atoms. The quantitative estimate of drug-likeness (QED) is 0.729. The molecule has 1 fully saturated rings. The first kappa shape index (κ1) is 14.5. The Labute approximate surface area is 128 Å². The van der Waals surface area contributed by atoms with Gasteiger partial charge >= 0.3 is 5.97 Å². The Morgan fingerprint density at radius 2 is 1.89 bits per heavy atom. The summed E-state index contributed by atoms with van der Waals surface area (Å²) in [4.78, 5) is 25.7. The minimum absolute atomic E-state index is 0.144. The number of carbonyl (C=O) groups excluding carboxylic acids is 2. The highest BCUT2D eigenvalue weighted by Crippen LogP contribution is 2.25. The molecule has 0 aliphatic carbocycles. The Hall–Kier alpha value is -0.880. The lowest BCUT2D eigenvalue weighted by atomic mass is 10.1. The van der Waals surface area contributed by atoms with Crippen molar-refractivity contribution < 1.29 is 14.3 Å². The second kappa shape index (κ2) is 6.05. The van der Waals surface area contributed by atoms with Gasteiger partial charge in [-0.1, -0.05) is 31.9 Å². The lowest BCUT2D eigenvalue weighted by Crippen LogP contribution is -2.41. The molecule has 1 amide bonds. The fourth-order valence-electron chi connectivity index (χ4n) is 2.23. The third kappa shape index (κ3) is 3.17. The number of methoxy groups -OCH3 is 1. The Balaban J connectivity index is 2.25. The van der Waals surface area contributed by atoms with Gasteiger partial charge in [-0.25, -0.2) is 4.79 Å². The number of amides is 1. The predicted octanol–water partition coefficient (Wildman–Crippen LogP) is 2.99. The minimum Gasteiger partial charge on any atom is -0.467 e. The van der Waals surface area contributed by atoms with Crippen molar-refractivity contribution in [1.82, 2.24) is 4.90 Å². The van der Waals surface area contributed by atoms with Crippen LogP contribution >= 0.6 is 31.9 Å². The van der Waals surface area contributed by atoms with E-state index in [0.717, 1.165) is 15.4 Å². The molecule has 1 saturated heterocycles. The van der Waals surface area contributed by atoms with Crippen molar-refractivity contribution in [1.29, 1.82) is 0 Å². The third-order valence-corrected chi connectivity index (χ3v) is 4.01. The van der Waals surface area contributed by atoms with E-state index in [0.29, 0.717) is 18.5 Å². The fraction of sp³-hybridized carbons (Fsp3) is 0.385. The fourth-order valence-corrected chi connectivity index (χ4v) is 3.53. The zero-order chi connectivity index (χ0) is 14.0. The van der Waals surface area contributed by atoms with Gasteiger partial charge in [0.15, 0.2) is 0 Å². The van der Waals surface area contributed by atoms with E-state index < -0.39 is 6.04 Å². The number of rotatable bonds is 2. The van der Waals surface area contributed by atoms with Gasteiger partial charge in [0.05, 0.1) is 7.11 Å². The van der Waals surface area contributed by atoms with Crippen LogP contribution in [-0.4, -0.2) is 36.5 Å².